The fourth-order valence-electron chi connectivity index (χ4n) is 4.49. The van der Waals surface area contributed by atoms with Gasteiger partial charge in [-0.2, -0.15) is 39.5 Å². The van der Waals surface area contributed by atoms with Gasteiger partial charge >= 0.3 is 18.5 Å². The van der Waals surface area contributed by atoms with Crippen LogP contribution in [-0.4, -0.2) is 50.9 Å². The molecule has 1 aliphatic rings. The first-order valence-corrected chi connectivity index (χ1v) is 12.4. The number of alkyl halides is 9. The Hall–Kier alpha value is -4.09. The molecule has 1 atom stereocenters. The molecule has 0 aliphatic carbocycles. The topological polar surface area (TPSA) is 128 Å². The lowest BCUT2D eigenvalue weighted by molar-refractivity contribution is -0.277. The number of carbonyl (C=O) groups excluding carboxylic acids is 1. The summed E-state index contributed by atoms with van der Waals surface area (Å²) in [5.74, 6) is -4.11. The second kappa shape index (κ2) is 11.2. The number of benzene rings is 1. The van der Waals surface area contributed by atoms with Crippen LogP contribution in [0, 0.1) is 0 Å². The number of pyridine rings is 1. The monoisotopic (exact) mass is 627 g/mol. The summed E-state index contributed by atoms with van der Waals surface area (Å²) < 4.78 is 133. The lowest BCUT2D eigenvalue weighted by atomic mass is 9.95. The van der Waals surface area contributed by atoms with Gasteiger partial charge in [-0.15, -0.1) is 10.2 Å². The van der Waals surface area contributed by atoms with Crippen molar-refractivity contribution in [2.75, 3.05) is 19.4 Å². The predicted octanol–water partition coefficient (Wildman–Crippen LogP) is 5.73. The van der Waals surface area contributed by atoms with E-state index >= 15 is 0 Å². The quantitative estimate of drug-likeness (QED) is 0.353. The van der Waals surface area contributed by atoms with E-state index in [1.165, 1.54) is 0 Å². The average Bonchev–Trinajstić information content (AvgIpc) is 3.39. The van der Waals surface area contributed by atoms with E-state index in [-0.39, 0.29) is 31.4 Å². The van der Waals surface area contributed by atoms with Gasteiger partial charge in [-0.25, -0.2) is 4.98 Å². The van der Waals surface area contributed by atoms with E-state index in [2.05, 4.69) is 15.2 Å². The molecule has 3 aromatic rings. The number of nitrogens with zero attached hydrogens (tertiary/aromatic N) is 4. The minimum Gasteiger partial charge on any atom is -0.496 e. The molecule has 18 heteroatoms. The zero-order valence-corrected chi connectivity index (χ0v) is 22.0. The Balaban J connectivity index is 1.85. The Labute approximate surface area is 236 Å². The van der Waals surface area contributed by atoms with Gasteiger partial charge in [-0.1, -0.05) is 12.5 Å². The first-order valence-electron chi connectivity index (χ1n) is 12.4. The van der Waals surface area contributed by atoms with Crippen molar-refractivity contribution in [1.82, 2.24) is 20.1 Å². The van der Waals surface area contributed by atoms with Crippen LogP contribution in [-0.2, 0) is 24.5 Å². The van der Waals surface area contributed by atoms with E-state index in [1.54, 1.807) is 0 Å². The number of aromatic nitrogens is 3. The number of aliphatic hydroxyl groups is 1. The van der Waals surface area contributed by atoms with Crippen molar-refractivity contribution in [3.63, 3.8) is 0 Å². The van der Waals surface area contributed by atoms with Crippen LogP contribution in [0.5, 0.6) is 5.75 Å². The summed E-state index contributed by atoms with van der Waals surface area (Å²) in [7, 11) is 0.974. The lowest BCUT2D eigenvalue weighted by Gasteiger charge is -2.28. The number of methoxy groups -OCH3 is 1. The number of hydrogen-bond donors (Lipinski definition) is 2. The number of nitrogens with two attached hydrogens (primary N) is 1. The summed E-state index contributed by atoms with van der Waals surface area (Å²) in [5.41, 5.74) is -3.35. The summed E-state index contributed by atoms with van der Waals surface area (Å²) in [6, 6.07) is 2.95. The highest BCUT2D eigenvalue weighted by molar-refractivity contribution is 5.95. The number of ether oxygens (including phenoxy) is 1. The van der Waals surface area contributed by atoms with Crippen LogP contribution >= 0.6 is 0 Å². The highest BCUT2D eigenvalue weighted by Crippen LogP contribution is 2.44. The molecule has 0 saturated carbocycles. The van der Waals surface area contributed by atoms with Crippen molar-refractivity contribution in [3.05, 3.63) is 52.5 Å². The Bertz CT molecular complexity index is 1500. The fourth-order valence-corrected chi connectivity index (χ4v) is 4.49. The zero-order chi connectivity index (χ0) is 32.0. The molecule has 4 rings (SSSR count). The van der Waals surface area contributed by atoms with Crippen molar-refractivity contribution in [2.24, 2.45) is 0 Å². The van der Waals surface area contributed by atoms with Gasteiger partial charge < -0.3 is 24.9 Å². The number of halogens is 9. The van der Waals surface area contributed by atoms with Gasteiger partial charge in [0.25, 0.3) is 17.7 Å². The zero-order valence-electron chi connectivity index (χ0n) is 22.0. The Kier molecular flexibility index (Phi) is 8.29. The smallest absolute Gasteiger partial charge is 0.426 e. The largest absolute Gasteiger partial charge is 0.496 e. The fraction of sp³-hybridized carbons (Fsp3) is 0.440. The molecular formula is C25H22F9N5O4. The molecule has 3 heterocycles. The van der Waals surface area contributed by atoms with E-state index in [0.717, 1.165) is 24.1 Å². The highest BCUT2D eigenvalue weighted by atomic mass is 19.4. The molecule has 3 N–H and O–H groups in total. The van der Waals surface area contributed by atoms with Crippen LogP contribution in [0.25, 0.3) is 11.6 Å². The Morgan fingerprint density at radius 2 is 1.65 bits per heavy atom. The molecule has 0 saturated heterocycles. The van der Waals surface area contributed by atoms with Crippen molar-refractivity contribution >= 4 is 11.6 Å². The molecule has 0 fully saturated rings. The minimum atomic E-state index is -5.29. The van der Waals surface area contributed by atoms with E-state index in [9.17, 15) is 49.4 Å². The molecular weight excluding hydrogens is 605 g/mol. The van der Waals surface area contributed by atoms with Gasteiger partial charge in [0, 0.05) is 13.1 Å². The first-order chi connectivity index (χ1) is 19.9. The molecule has 1 amide bonds. The van der Waals surface area contributed by atoms with Crippen LogP contribution in [0.4, 0.5) is 45.2 Å². The van der Waals surface area contributed by atoms with Crippen LogP contribution in [0.2, 0.25) is 0 Å². The van der Waals surface area contributed by atoms with Crippen molar-refractivity contribution in [1.29, 1.82) is 0 Å². The summed E-state index contributed by atoms with van der Waals surface area (Å²) in [4.78, 5) is 18.1. The molecule has 0 unspecified atom stereocenters. The molecule has 1 aliphatic heterocycles. The van der Waals surface area contributed by atoms with Gasteiger partial charge in [0.2, 0.25) is 5.60 Å². The SMILES string of the molecule is COc1cc(CN2CCCCC[C@](O)(C(F)(F)F)c3nnc(o3)-c3nc(c(C(F)(F)F)cc3N)C2=O)ccc1C(F)(F)F. The van der Waals surface area contributed by atoms with Gasteiger partial charge in [0.15, 0.2) is 5.69 Å². The maximum atomic E-state index is 14.0. The number of carbonyl (C=O) groups is 1. The van der Waals surface area contributed by atoms with Crippen LogP contribution in [0.1, 0.15) is 58.8 Å². The third-order valence-electron chi connectivity index (χ3n) is 6.71. The molecule has 234 valence electrons. The van der Waals surface area contributed by atoms with E-state index < -0.39 is 88.7 Å². The van der Waals surface area contributed by atoms with Gasteiger partial charge in [-0.05, 0) is 43.0 Å². The molecule has 0 radical (unpaired) electrons. The normalized spacial score (nSPS) is 18.9. The third kappa shape index (κ3) is 6.33. The highest BCUT2D eigenvalue weighted by Gasteiger charge is 2.58. The molecule has 0 spiro atoms. The minimum absolute atomic E-state index is 0.0385. The van der Waals surface area contributed by atoms with Crippen LogP contribution < -0.4 is 10.5 Å². The maximum absolute atomic E-state index is 14.0. The van der Waals surface area contributed by atoms with Gasteiger partial charge in [-0.3, -0.25) is 4.79 Å². The molecule has 4 bridgehead atoms. The van der Waals surface area contributed by atoms with Gasteiger partial charge in [0.05, 0.1) is 23.9 Å². The summed E-state index contributed by atoms with van der Waals surface area (Å²) in [6.07, 6.45) is -16.6. The third-order valence-corrected chi connectivity index (χ3v) is 6.71. The molecule has 43 heavy (non-hydrogen) atoms. The predicted molar refractivity (Wildman–Crippen MR) is 128 cm³/mol. The second-order valence-electron chi connectivity index (χ2n) is 9.66. The standard InChI is InChI=1S/C25H22F9N5O4/c1-42-16-9-12(5-6-13(16)23(26,27)28)11-39-8-4-2-3-7-22(41,25(32,33)34)21-38-37-19(43-21)18-15(35)10-14(24(29,30)31)17(36-18)20(39)40/h5-6,9-10,41H,2-4,7-8,11,35H2,1H3/t22-/m1/s1. The first kappa shape index (κ1) is 31.8. The average molecular weight is 627 g/mol. The lowest BCUT2D eigenvalue weighted by Crippen LogP contribution is -2.42. The number of fused-ring (bicyclic) bond motifs is 5. The number of nitrogen functional groups attached to an aromatic ring is 1. The van der Waals surface area contributed by atoms with Crippen LogP contribution in [0.3, 0.4) is 0 Å². The summed E-state index contributed by atoms with van der Waals surface area (Å²) in [6.45, 7) is -0.868. The number of rotatable bonds is 3. The molecule has 2 aromatic heterocycles. The van der Waals surface area contributed by atoms with E-state index in [1.807, 2.05) is 0 Å². The van der Waals surface area contributed by atoms with E-state index in [0.29, 0.717) is 12.1 Å². The van der Waals surface area contributed by atoms with Crippen molar-refractivity contribution in [3.8, 4) is 17.3 Å². The molecule has 1 aromatic carbocycles. The number of amides is 1. The summed E-state index contributed by atoms with van der Waals surface area (Å²) in [5, 5.41) is 17.1. The van der Waals surface area contributed by atoms with Gasteiger partial charge in [0.1, 0.15) is 11.4 Å². The van der Waals surface area contributed by atoms with Crippen molar-refractivity contribution in [2.45, 2.75) is 56.4 Å². The summed E-state index contributed by atoms with van der Waals surface area (Å²) >= 11 is 0. The van der Waals surface area contributed by atoms with Crippen molar-refractivity contribution < 1.29 is 58.6 Å². The maximum Gasteiger partial charge on any atom is 0.426 e. The second-order valence-corrected chi connectivity index (χ2v) is 9.66. The number of anilines is 1. The number of hydrogen-bond acceptors (Lipinski definition) is 8. The van der Waals surface area contributed by atoms with E-state index in [4.69, 9.17) is 14.9 Å². The molecule has 9 nitrogen and oxygen atoms in total. The van der Waals surface area contributed by atoms with Crippen LogP contribution in [0.15, 0.2) is 28.7 Å². The Morgan fingerprint density at radius 3 is 2.26 bits per heavy atom. The Morgan fingerprint density at radius 1 is 0.977 bits per heavy atom.